The Morgan fingerprint density at radius 2 is 1.79 bits per heavy atom. The van der Waals surface area contributed by atoms with Crippen LogP contribution in [0.5, 0.6) is 0 Å². The highest BCUT2D eigenvalue weighted by Gasteiger charge is 2.48. The number of aliphatic imine (C=N–C) groups is 1. The quantitative estimate of drug-likeness (QED) is 0.280. The van der Waals surface area contributed by atoms with Gasteiger partial charge in [-0.3, -0.25) is 19.6 Å². The molecule has 0 spiro atoms. The number of hydrogen-bond donors (Lipinski definition) is 3. The van der Waals surface area contributed by atoms with E-state index in [0.717, 1.165) is 31.9 Å². The molecule has 0 saturated heterocycles. The van der Waals surface area contributed by atoms with Crippen molar-refractivity contribution in [1.82, 2.24) is 15.3 Å². The van der Waals surface area contributed by atoms with Gasteiger partial charge in [0, 0.05) is 34.6 Å². The molecular weight excluding hydrogens is 509 g/mol. The summed E-state index contributed by atoms with van der Waals surface area (Å²) in [6, 6.07) is 2.90. The summed E-state index contributed by atoms with van der Waals surface area (Å²) in [5.74, 6) is -1.46. The number of halogens is 3. The summed E-state index contributed by atoms with van der Waals surface area (Å²) in [4.78, 5) is 38.8. The Morgan fingerprint density at radius 3 is 2.33 bits per heavy atom. The van der Waals surface area contributed by atoms with Gasteiger partial charge in [0.2, 0.25) is 11.9 Å². The molecule has 4 N–H and O–H groups in total. The molecule has 2 amide bonds. The summed E-state index contributed by atoms with van der Waals surface area (Å²) in [6.45, 7) is 5.23. The van der Waals surface area contributed by atoms with Crippen LogP contribution in [0.1, 0.15) is 57.2 Å². The number of aryl methyl sites for hydroxylation is 1. The van der Waals surface area contributed by atoms with Crippen molar-refractivity contribution in [3.05, 3.63) is 53.9 Å². The van der Waals surface area contributed by atoms with E-state index in [1.165, 1.54) is 30.5 Å². The highest BCUT2D eigenvalue weighted by Crippen LogP contribution is 2.50. The highest BCUT2D eigenvalue weighted by molar-refractivity contribution is 6.43. The van der Waals surface area contributed by atoms with Crippen molar-refractivity contribution in [2.75, 3.05) is 5.32 Å². The van der Waals surface area contributed by atoms with Crippen LogP contribution in [0.4, 0.5) is 19.0 Å². The van der Waals surface area contributed by atoms with Crippen molar-refractivity contribution in [2.45, 2.75) is 65.0 Å². The molecule has 0 aromatic carbocycles. The fraction of sp³-hybridized carbons (Fsp3) is 0.464. The molecule has 2 heterocycles. The van der Waals surface area contributed by atoms with Crippen molar-refractivity contribution in [2.24, 2.45) is 28.5 Å². The van der Waals surface area contributed by atoms with E-state index in [1.807, 2.05) is 13.8 Å². The lowest BCUT2D eigenvalue weighted by Crippen LogP contribution is -2.51. The number of alkyl halides is 2. The fourth-order valence-electron chi connectivity index (χ4n) is 4.84. The summed E-state index contributed by atoms with van der Waals surface area (Å²) in [6.07, 6.45) is 4.81. The molecule has 2 aromatic rings. The Kier molecular flexibility index (Phi) is 8.66. The minimum Gasteiger partial charge on any atom is -0.405 e. The molecule has 39 heavy (non-hydrogen) atoms. The van der Waals surface area contributed by atoms with Gasteiger partial charge in [-0.2, -0.15) is 4.39 Å². The minimum absolute atomic E-state index is 0.0118. The zero-order chi connectivity index (χ0) is 28.3. The number of rotatable bonds is 11. The van der Waals surface area contributed by atoms with Gasteiger partial charge in [0.1, 0.15) is 17.6 Å². The predicted octanol–water partition coefficient (Wildman–Crippen LogP) is 4.71. The molecule has 0 radical (unpaired) electrons. The SMILES string of the molecule is Cc1ncc(C(F)F)cc1-c1ccc(NC(=O)C(NC(=O)C(/C=C\N)=NC(C)C)C(C2CC2)C2CC2)nc1F. The van der Waals surface area contributed by atoms with Crippen LogP contribution < -0.4 is 16.4 Å². The molecule has 1 unspecified atom stereocenters. The number of nitrogens with one attached hydrogen (secondary N) is 2. The van der Waals surface area contributed by atoms with E-state index in [4.69, 9.17) is 5.73 Å². The van der Waals surface area contributed by atoms with Crippen molar-refractivity contribution in [3.63, 3.8) is 0 Å². The number of anilines is 1. The second kappa shape index (κ2) is 12.0. The Morgan fingerprint density at radius 1 is 1.13 bits per heavy atom. The van der Waals surface area contributed by atoms with Crippen LogP contribution >= 0.6 is 0 Å². The van der Waals surface area contributed by atoms with Gasteiger partial charge >= 0.3 is 0 Å². The van der Waals surface area contributed by atoms with Crippen molar-refractivity contribution < 1.29 is 22.8 Å². The molecule has 208 valence electrons. The van der Waals surface area contributed by atoms with Gasteiger partial charge in [-0.15, -0.1) is 0 Å². The Hall–Kier alpha value is -3.76. The number of amides is 2. The van der Waals surface area contributed by atoms with Crippen molar-refractivity contribution >= 4 is 23.3 Å². The van der Waals surface area contributed by atoms with Gasteiger partial charge in [0.15, 0.2) is 0 Å². The summed E-state index contributed by atoms with van der Waals surface area (Å²) in [5.41, 5.74) is 5.83. The van der Waals surface area contributed by atoms with E-state index < -0.39 is 30.2 Å². The fourth-order valence-corrected chi connectivity index (χ4v) is 4.84. The first-order chi connectivity index (χ1) is 18.6. The number of nitrogens with two attached hydrogens (primary N) is 1. The second-order valence-electron chi connectivity index (χ2n) is 10.4. The molecule has 2 aliphatic carbocycles. The van der Waals surface area contributed by atoms with E-state index >= 15 is 4.39 Å². The van der Waals surface area contributed by atoms with Crippen LogP contribution in [-0.4, -0.2) is 39.6 Å². The van der Waals surface area contributed by atoms with Crippen LogP contribution in [0.25, 0.3) is 11.1 Å². The van der Waals surface area contributed by atoms with Gasteiger partial charge in [-0.1, -0.05) is 0 Å². The Balaban J connectivity index is 1.58. The Bertz CT molecular complexity index is 1280. The lowest BCUT2D eigenvalue weighted by Gasteiger charge is -2.27. The third-order valence-electron chi connectivity index (χ3n) is 6.92. The molecule has 8 nitrogen and oxygen atoms in total. The maximum absolute atomic E-state index is 15.1. The summed E-state index contributed by atoms with van der Waals surface area (Å²) >= 11 is 0. The lowest BCUT2D eigenvalue weighted by atomic mass is 9.88. The number of carbonyl (C=O) groups excluding carboxylic acids is 2. The zero-order valence-corrected chi connectivity index (χ0v) is 22.1. The number of pyridine rings is 2. The molecule has 0 bridgehead atoms. The maximum atomic E-state index is 15.1. The van der Waals surface area contributed by atoms with Crippen LogP contribution in [0.2, 0.25) is 0 Å². The van der Waals surface area contributed by atoms with Crippen LogP contribution in [-0.2, 0) is 9.59 Å². The molecule has 2 aromatic heterocycles. The standard InChI is InChI=1S/C28H33F3N6O2/c1-14(2)34-21(10-11-32)27(38)37-24(23(16-4-5-16)17-6-7-17)28(39)36-22-9-8-19(26(31)35-22)20-12-18(25(29)30)13-33-15(20)3/h8-14,16-17,23-25H,4-7,32H2,1-3H3,(H,37,38)(H,35,36,39)/b11-10-,34-21?. The van der Waals surface area contributed by atoms with Gasteiger partial charge < -0.3 is 16.4 Å². The first kappa shape index (κ1) is 28.3. The number of nitrogens with zero attached hydrogens (tertiary/aromatic N) is 3. The second-order valence-corrected chi connectivity index (χ2v) is 10.4. The maximum Gasteiger partial charge on any atom is 0.270 e. The number of carbonyl (C=O) groups is 2. The molecule has 11 heteroatoms. The molecule has 1 atom stereocenters. The van der Waals surface area contributed by atoms with E-state index in [0.29, 0.717) is 17.5 Å². The highest BCUT2D eigenvalue weighted by atomic mass is 19.3. The summed E-state index contributed by atoms with van der Waals surface area (Å²) in [7, 11) is 0. The van der Waals surface area contributed by atoms with Gasteiger partial charge in [-0.25, -0.2) is 13.8 Å². The van der Waals surface area contributed by atoms with E-state index in [-0.39, 0.29) is 40.2 Å². The monoisotopic (exact) mass is 542 g/mol. The van der Waals surface area contributed by atoms with E-state index in [2.05, 4.69) is 25.6 Å². The molecule has 2 aliphatic rings. The number of aromatic nitrogens is 2. The minimum atomic E-state index is -2.75. The molecule has 2 fully saturated rings. The van der Waals surface area contributed by atoms with Gasteiger partial charge in [0.05, 0.1) is 0 Å². The molecule has 2 saturated carbocycles. The first-order valence-corrected chi connectivity index (χ1v) is 13.1. The predicted molar refractivity (Wildman–Crippen MR) is 143 cm³/mol. The number of hydrogen-bond acceptors (Lipinski definition) is 6. The van der Waals surface area contributed by atoms with Crippen LogP contribution in [0, 0.1) is 30.6 Å². The average Bonchev–Trinajstić information content (AvgIpc) is 3.79. The third-order valence-corrected chi connectivity index (χ3v) is 6.92. The largest absolute Gasteiger partial charge is 0.405 e. The van der Waals surface area contributed by atoms with Gasteiger partial charge in [-0.05, 0) is 94.7 Å². The topological polar surface area (TPSA) is 122 Å². The van der Waals surface area contributed by atoms with Crippen molar-refractivity contribution in [1.29, 1.82) is 0 Å². The normalized spacial score (nSPS) is 16.8. The Labute approximate surface area is 225 Å². The van der Waals surface area contributed by atoms with E-state index in [1.54, 1.807) is 6.92 Å². The van der Waals surface area contributed by atoms with Gasteiger partial charge in [0.25, 0.3) is 12.3 Å². The van der Waals surface area contributed by atoms with Crippen LogP contribution in [0.3, 0.4) is 0 Å². The molecular formula is C28H33F3N6O2. The third kappa shape index (κ3) is 7.01. The van der Waals surface area contributed by atoms with E-state index in [9.17, 15) is 18.4 Å². The lowest BCUT2D eigenvalue weighted by molar-refractivity contribution is -0.124. The molecule has 0 aliphatic heterocycles. The summed E-state index contributed by atoms with van der Waals surface area (Å²) in [5, 5.41) is 5.50. The molecule has 4 rings (SSSR count). The average molecular weight is 543 g/mol. The van der Waals surface area contributed by atoms with Crippen molar-refractivity contribution in [3.8, 4) is 11.1 Å². The van der Waals surface area contributed by atoms with Crippen LogP contribution in [0.15, 0.2) is 41.7 Å². The summed E-state index contributed by atoms with van der Waals surface area (Å²) < 4.78 is 41.4. The smallest absolute Gasteiger partial charge is 0.270 e. The zero-order valence-electron chi connectivity index (χ0n) is 22.1. The first-order valence-electron chi connectivity index (χ1n) is 13.1.